The van der Waals surface area contributed by atoms with Crippen LogP contribution in [-0.4, -0.2) is 55.6 Å². The van der Waals surface area contributed by atoms with Gasteiger partial charge in [-0.15, -0.1) is 0 Å². The van der Waals surface area contributed by atoms with Crippen molar-refractivity contribution in [3.8, 4) is 0 Å². The molecule has 0 heterocycles. The normalized spacial score (nSPS) is 10.6. The van der Waals surface area contributed by atoms with E-state index in [1.807, 2.05) is 0 Å². The summed E-state index contributed by atoms with van der Waals surface area (Å²) in [7, 11) is 0. The molecule has 0 bridgehead atoms. The molecule has 5 nitrogen and oxygen atoms in total. The lowest BCUT2D eigenvalue weighted by molar-refractivity contribution is 0.0688. The number of hydrogen-bond acceptors (Lipinski definition) is 3. The Bertz CT molecular complexity index is 185. The van der Waals surface area contributed by atoms with E-state index in [1.165, 1.54) is 4.90 Å². The van der Waals surface area contributed by atoms with Crippen LogP contribution in [0.1, 0.15) is 39.5 Å². The number of unbranched alkanes of at least 4 members (excludes halogenated alkanes) is 2. The van der Waals surface area contributed by atoms with Crippen molar-refractivity contribution in [3.63, 3.8) is 0 Å². The molecule has 0 aromatic carbocycles. The van der Waals surface area contributed by atoms with E-state index in [4.69, 9.17) is 14.6 Å². The first-order chi connectivity index (χ1) is 8.72. The zero-order chi connectivity index (χ0) is 13.6. The van der Waals surface area contributed by atoms with E-state index in [2.05, 4.69) is 13.8 Å². The second-order valence-corrected chi connectivity index (χ2v) is 4.20. The van der Waals surface area contributed by atoms with E-state index in [0.717, 1.165) is 25.7 Å². The summed E-state index contributed by atoms with van der Waals surface area (Å²) in [4.78, 5) is 12.3. The molecule has 0 aromatic rings. The summed E-state index contributed by atoms with van der Waals surface area (Å²) in [6.07, 6.45) is 3.32. The van der Waals surface area contributed by atoms with Crippen LogP contribution in [0.4, 0.5) is 4.79 Å². The first-order valence-corrected chi connectivity index (χ1v) is 6.85. The zero-order valence-corrected chi connectivity index (χ0v) is 11.7. The predicted molar refractivity (Wildman–Crippen MR) is 71.1 cm³/mol. The fourth-order valence-corrected chi connectivity index (χ4v) is 1.35. The summed E-state index contributed by atoms with van der Waals surface area (Å²) < 4.78 is 10.7. The molecule has 0 aromatic heterocycles. The standard InChI is InChI=1S/C13H27NO4/c1-3-5-9-17-11-7-14(13(15)16)8-12-18-10-6-4-2/h3-12H2,1-2H3,(H,15,16). The smallest absolute Gasteiger partial charge is 0.407 e. The first kappa shape index (κ1) is 17.2. The highest BCUT2D eigenvalue weighted by molar-refractivity contribution is 5.64. The molecule has 0 spiro atoms. The van der Waals surface area contributed by atoms with Gasteiger partial charge >= 0.3 is 6.09 Å². The minimum atomic E-state index is -0.909. The maximum Gasteiger partial charge on any atom is 0.407 e. The largest absolute Gasteiger partial charge is 0.465 e. The van der Waals surface area contributed by atoms with Crippen molar-refractivity contribution >= 4 is 6.09 Å². The Labute approximate surface area is 110 Å². The van der Waals surface area contributed by atoms with Crippen molar-refractivity contribution in [1.82, 2.24) is 4.90 Å². The van der Waals surface area contributed by atoms with Gasteiger partial charge in [-0.25, -0.2) is 4.79 Å². The number of rotatable bonds is 12. The van der Waals surface area contributed by atoms with Crippen LogP contribution in [0.3, 0.4) is 0 Å². The predicted octanol–water partition coefficient (Wildman–Crippen LogP) is 2.60. The van der Waals surface area contributed by atoms with Crippen molar-refractivity contribution in [2.75, 3.05) is 39.5 Å². The molecule has 0 atom stereocenters. The van der Waals surface area contributed by atoms with Gasteiger partial charge in [0.2, 0.25) is 0 Å². The van der Waals surface area contributed by atoms with Crippen LogP contribution in [0.15, 0.2) is 0 Å². The molecule has 0 saturated carbocycles. The SMILES string of the molecule is CCCCOCCN(CCOCCCC)C(=O)O. The highest BCUT2D eigenvalue weighted by Crippen LogP contribution is 1.94. The highest BCUT2D eigenvalue weighted by Gasteiger charge is 2.10. The molecule has 0 aliphatic heterocycles. The minimum Gasteiger partial charge on any atom is -0.465 e. The van der Waals surface area contributed by atoms with Crippen molar-refractivity contribution in [3.05, 3.63) is 0 Å². The summed E-state index contributed by atoms with van der Waals surface area (Å²) in [5.41, 5.74) is 0. The second-order valence-electron chi connectivity index (χ2n) is 4.20. The third kappa shape index (κ3) is 10.4. The summed E-state index contributed by atoms with van der Waals surface area (Å²) in [5.74, 6) is 0. The van der Waals surface area contributed by atoms with Crippen LogP contribution in [0, 0.1) is 0 Å². The monoisotopic (exact) mass is 261 g/mol. The van der Waals surface area contributed by atoms with Crippen LogP contribution in [0.5, 0.6) is 0 Å². The van der Waals surface area contributed by atoms with E-state index < -0.39 is 6.09 Å². The van der Waals surface area contributed by atoms with Gasteiger partial charge < -0.3 is 19.5 Å². The lowest BCUT2D eigenvalue weighted by Crippen LogP contribution is -2.35. The number of nitrogens with zero attached hydrogens (tertiary/aromatic N) is 1. The molecule has 0 fully saturated rings. The molecule has 0 aliphatic rings. The molecule has 18 heavy (non-hydrogen) atoms. The van der Waals surface area contributed by atoms with Gasteiger partial charge in [0.1, 0.15) is 0 Å². The average Bonchev–Trinajstić information content (AvgIpc) is 2.35. The van der Waals surface area contributed by atoms with Gasteiger partial charge in [0, 0.05) is 26.3 Å². The molecule has 108 valence electrons. The molecule has 0 rings (SSSR count). The second kappa shape index (κ2) is 12.6. The topological polar surface area (TPSA) is 59.0 Å². The van der Waals surface area contributed by atoms with E-state index in [1.54, 1.807) is 0 Å². The number of carboxylic acid groups (broad SMARTS) is 1. The molecule has 0 aliphatic carbocycles. The molecule has 1 amide bonds. The van der Waals surface area contributed by atoms with Gasteiger partial charge in [-0.1, -0.05) is 26.7 Å². The Morgan fingerprint density at radius 3 is 1.72 bits per heavy atom. The van der Waals surface area contributed by atoms with Gasteiger partial charge in [0.05, 0.1) is 13.2 Å². The minimum absolute atomic E-state index is 0.413. The van der Waals surface area contributed by atoms with Gasteiger partial charge in [0.15, 0.2) is 0 Å². The first-order valence-electron chi connectivity index (χ1n) is 6.85. The molecule has 0 saturated heterocycles. The average molecular weight is 261 g/mol. The van der Waals surface area contributed by atoms with Gasteiger partial charge in [-0.05, 0) is 12.8 Å². The zero-order valence-electron chi connectivity index (χ0n) is 11.7. The van der Waals surface area contributed by atoms with Crippen LogP contribution in [-0.2, 0) is 9.47 Å². The highest BCUT2D eigenvalue weighted by atomic mass is 16.5. The lowest BCUT2D eigenvalue weighted by Gasteiger charge is -2.19. The number of hydrogen-bond donors (Lipinski definition) is 1. The third-order valence-corrected chi connectivity index (χ3v) is 2.57. The van der Waals surface area contributed by atoms with E-state index in [0.29, 0.717) is 39.5 Å². The third-order valence-electron chi connectivity index (χ3n) is 2.57. The number of carbonyl (C=O) groups is 1. The van der Waals surface area contributed by atoms with Crippen LogP contribution >= 0.6 is 0 Å². The molecular formula is C13H27NO4. The Morgan fingerprint density at radius 1 is 0.944 bits per heavy atom. The Hall–Kier alpha value is -0.810. The van der Waals surface area contributed by atoms with Gasteiger partial charge in [-0.3, -0.25) is 0 Å². The molecule has 0 unspecified atom stereocenters. The van der Waals surface area contributed by atoms with Gasteiger partial charge in [-0.2, -0.15) is 0 Å². The number of amides is 1. The van der Waals surface area contributed by atoms with E-state index >= 15 is 0 Å². The lowest BCUT2D eigenvalue weighted by atomic mass is 10.4. The van der Waals surface area contributed by atoms with Gasteiger partial charge in [0.25, 0.3) is 0 Å². The van der Waals surface area contributed by atoms with Crippen LogP contribution in [0.25, 0.3) is 0 Å². The summed E-state index contributed by atoms with van der Waals surface area (Å²) >= 11 is 0. The summed E-state index contributed by atoms with van der Waals surface area (Å²) in [6, 6.07) is 0. The molecule has 5 heteroatoms. The summed E-state index contributed by atoms with van der Waals surface area (Å²) in [6.45, 7) is 7.35. The Kier molecular flexibility index (Phi) is 12.1. The van der Waals surface area contributed by atoms with Crippen molar-refractivity contribution in [2.24, 2.45) is 0 Å². The number of ether oxygens (including phenoxy) is 2. The molecule has 1 N–H and O–H groups in total. The van der Waals surface area contributed by atoms with Crippen LogP contribution in [0.2, 0.25) is 0 Å². The van der Waals surface area contributed by atoms with Crippen molar-refractivity contribution in [1.29, 1.82) is 0 Å². The van der Waals surface area contributed by atoms with E-state index in [9.17, 15) is 4.79 Å². The van der Waals surface area contributed by atoms with Crippen LogP contribution < -0.4 is 0 Å². The summed E-state index contributed by atoms with van der Waals surface area (Å²) in [5, 5.41) is 8.99. The Morgan fingerprint density at radius 2 is 1.39 bits per heavy atom. The van der Waals surface area contributed by atoms with Crippen molar-refractivity contribution in [2.45, 2.75) is 39.5 Å². The fraction of sp³-hybridized carbons (Fsp3) is 0.923. The maximum absolute atomic E-state index is 11.0. The fourth-order valence-electron chi connectivity index (χ4n) is 1.35. The Balaban J connectivity index is 3.56. The van der Waals surface area contributed by atoms with E-state index in [-0.39, 0.29) is 0 Å². The van der Waals surface area contributed by atoms with Crippen molar-refractivity contribution < 1.29 is 19.4 Å². The maximum atomic E-state index is 11.0. The molecular weight excluding hydrogens is 234 g/mol. The molecule has 0 radical (unpaired) electrons. The quantitative estimate of drug-likeness (QED) is 0.549.